The Kier molecular flexibility index (Phi) is 9.21. The van der Waals surface area contributed by atoms with Crippen molar-refractivity contribution in [2.75, 3.05) is 33.5 Å². The van der Waals surface area contributed by atoms with E-state index in [0.717, 1.165) is 6.42 Å². The third-order valence-corrected chi connectivity index (χ3v) is 1.63. The van der Waals surface area contributed by atoms with Gasteiger partial charge in [0.05, 0.1) is 25.9 Å². The smallest absolute Gasteiger partial charge is 0.434 e. The predicted molar refractivity (Wildman–Crippen MR) is 54.9 cm³/mol. The first-order valence-corrected chi connectivity index (χ1v) is 5.10. The Morgan fingerprint density at radius 2 is 1.87 bits per heavy atom. The fourth-order valence-electron chi connectivity index (χ4n) is 0.728. The lowest BCUT2D eigenvalue weighted by molar-refractivity contribution is -0.00730. The molecule has 0 heterocycles. The molecule has 5 heteroatoms. The van der Waals surface area contributed by atoms with E-state index in [1.165, 1.54) is 0 Å². The van der Waals surface area contributed by atoms with Crippen molar-refractivity contribution < 1.29 is 23.7 Å². The number of carbonyl (C=O) groups excluding carboxylic acids is 1. The molecule has 0 aromatic rings. The first-order chi connectivity index (χ1) is 7.20. The first-order valence-electron chi connectivity index (χ1n) is 5.10. The van der Waals surface area contributed by atoms with Crippen LogP contribution in [0.5, 0.6) is 0 Å². The first kappa shape index (κ1) is 14.2. The van der Waals surface area contributed by atoms with Gasteiger partial charge in [-0.1, -0.05) is 6.92 Å². The Hall–Kier alpha value is -0.810. The molecule has 0 aliphatic carbocycles. The second-order valence-electron chi connectivity index (χ2n) is 3.07. The third-order valence-electron chi connectivity index (χ3n) is 1.63. The minimum atomic E-state index is -0.639. The molecule has 0 saturated heterocycles. The number of rotatable bonds is 8. The van der Waals surface area contributed by atoms with E-state index in [2.05, 4.69) is 0 Å². The molecule has 0 aliphatic rings. The summed E-state index contributed by atoms with van der Waals surface area (Å²) in [5.74, 6) is 0. The Morgan fingerprint density at radius 1 is 1.20 bits per heavy atom. The van der Waals surface area contributed by atoms with Crippen molar-refractivity contribution in [1.29, 1.82) is 0 Å². The zero-order valence-electron chi connectivity index (χ0n) is 9.65. The van der Waals surface area contributed by atoms with Gasteiger partial charge < -0.3 is 18.9 Å². The second-order valence-corrected chi connectivity index (χ2v) is 3.07. The maximum Gasteiger partial charge on any atom is 0.508 e. The number of carbonyl (C=O) groups is 1. The van der Waals surface area contributed by atoms with Crippen molar-refractivity contribution in [2.45, 2.75) is 26.4 Å². The van der Waals surface area contributed by atoms with E-state index in [1.807, 2.05) is 13.8 Å². The van der Waals surface area contributed by atoms with Crippen LogP contribution < -0.4 is 0 Å². The molecule has 0 radical (unpaired) electrons. The Morgan fingerprint density at radius 3 is 2.47 bits per heavy atom. The molecule has 1 atom stereocenters. The summed E-state index contributed by atoms with van der Waals surface area (Å²) in [5.41, 5.74) is 0. The van der Waals surface area contributed by atoms with Gasteiger partial charge in [0.2, 0.25) is 0 Å². The SMILES string of the molecule is CCCOC(=O)OCCOCC(C)OC. The van der Waals surface area contributed by atoms with Crippen molar-refractivity contribution >= 4 is 6.16 Å². The number of ether oxygens (including phenoxy) is 4. The number of hydrogen-bond donors (Lipinski definition) is 0. The Balaban J connectivity index is 3.19. The quantitative estimate of drug-likeness (QED) is 0.459. The van der Waals surface area contributed by atoms with Gasteiger partial charge >= 0.3 is 6.16 Å². The lowest BCUT2D eigenvalue weighted by Gasteiger charge is -2.10. The highest BCUT2D eigenvalue weighted by molar-refractivity contribution is 5.59. The zero-order valence-corrected chi connectivity index (χ0v) is 9.65. The molecule has 0 rings (SSSR count). The summed E-state index contributed by atoms with van der Waals surface area (Å²) in [5, 5.41) is 0. The fraction of sp³-hybridized carbons (Fsp3) is 0.900. The highest BCUT2D eigenvalue weighted by Gasteiger charge is 2.03. The summed E-state index contributed by atoms with van der Waals surface area (Å²) < 4.78 is 19.6. The monoisotopic (exact) mass is 220 g/mol. The van der Waals surface area contributed by atoms with Crippen molar-refractivity contribution in [3.05, 3.63) is 0 Å². The van der Waals surface area contributed by atoms with Crippen LogP contribution in [0.4, 0.5) is 4.79 Å². The molecule has 0 aromatic heterocycles. The van der Waals surface area contributed by atoms with Crippen molar-refractivity contribution in [2.24, 2.45) is 0 Å². The molecule has 0 saturated carbocycles. The maximum absolute atomic E-state index is 10.8. The molecule has 0 aromatic carbocycles. The molecule has 1 unspecified atom stereocenters. The van der Waals surface area contributed by atoms with Gasteiger partial charge in [-0.15, -0.1) is 0 Å². The van der Waals surface area contributed by atoms with Crippen LogP contribution in [0.15, 0.2) is 0 Å². The molecule has 90 valence electrons. The minimum Gasteiger partial charge on any atom is -0.434 e. The summed E-state index contributed by atoms with van der Waals surface area (Å²) in [6.45, 7) is 5.26. The molecule has 0 amide bonds. The van der Waals surface area contributed by atoms with Crippen LogP contribution in [0.2, 0.25) is 0 Å². The topological polar surface area (TPSA) is 54.0 Å². The predicted octanol–water partition coefficient (Wildman–Crippen LogP) is 1.60. The minimum absolute atomic E-state index is 0.0528. The van der Waals surface area contributed by atoms with Gasteiger partial charge in [0.15, 0.2) is 0 Å². The van der Waals surface area contributed by atoms with Gasteiger partial charge in [-0.25, -0.2) is 4.79 Å². The summed E-state index contributed by atoms with van der Waals surface area (Å²) in [7, 11) is 1.62. The van der Waals surface area contributed by atoms with E-state index in [-0.39, 0.29) is 12.7 Å². The van der Waals surface area contributed by atoms with Crippen LogP contribution in [-0.2, 0) is 18.9 Å². The molecule has 0 fully saturated rings. The molecule has 0 spiro atoms. The van der Waals surface area contributed by atoms with E-state index in [1.54, 1.807) is 7.11 Å². The van der Waals surface area contributed by atoms with Gasteiger partial charge in [0.1, 0.15) is 6.61 Å². The maximum atomic E-state index is 10.8. The van der Waals surface area contributed by atoms with Crippen molar-refractivity contribution in [3.8, 4) is 0 Å². The average Bonchev–Trinajstić information content (AvgIpc) is 2.25. The van der Waals surface area contributed by atoms with Crippen LogP contribution in [0.3, 0.4) is 0 Å². The van der Waals surface area contributed by atoms with E-state index >= 15 is 0 Å². The van der Waals surface area contributed by atoms with E-state index in [9.17, 15) is 4.79 Å². The Labute approximate surface area is 90.6 Å². The summed E-state index contributed by atoms with van der Waals surface area (Å²) in [4.78, 5) is 10.8. The normalized spacial score (nSPS) is 12.2. The number of methoxy groups -OCH3 is 1. The van der Waals surface area contributed by atoms with Crippen LogP contribution in [0, 0.1) is 0 Å². The van der Waals surface area contributed by atoms with Gasteiger partial charge in [0.25, 0.3) is 0 Å². The lowest BCUT2D eigenvalue weighted by atomic mass is 10.4. The molecule has 15 heavy (non-hydrogen) atoms. The zero-order chi connectivity index (χ0) is 11.5. The summed E-state index contributed by atoms with van der Waals surface area (Å²) in [6.07, 6.45) is 0.203. The summed E-state index contributed by atoms with van der Waals surface area (Å²) in [6, 6.07) is 0. The Bertz CT molecular complexity index is 160. The highest BCUT2D eigenvalue weighted by atomic mass is 16.7. The van der Waals surface area contributed by atoms with E-state index < -0.39 is 6.16 Å². The van der Waals surface area contributed by atoms with Gasteiger partial charge in [0, 0.05) is 7.11 Å². The second kappa shape index (κ2) is 9.73. The lowest BCUT2D eigenvalue weighted by Crippen LogP contribution is -2.17. The van der Waals surface area contributed by atoms with Crippen molar-refractivity contribution in [3.63, 3.8) is 0 Å². The molecule has 0 N–H and O–H groups in total. The fourth-order valence-corrected chi connectivity index (χ4v) is 0.728. The van der Waals surface area contributed by atoms with Gasteiger partial charge in [-0.05, 0) is 13.3 Å². The molecular weight excluding hydrogens is 200 g/mol. The molecule has 0 bridgehead atoms. The van der Waals surface area contributed by atoms with E-state index in [4.69, 9.17) is 18.9 Å². The standard InChI is InChI=1S/C10H20O5/c1-4-5-14-10(11)15-7-6-13-8-9(2)12-3/h9H,4-8H2,1-3H3. The molecular formula is C10H20O5. The van der Waals surface area contributed by atoms with Crippen LogP contribution in [-0.4, -0.2) is 45.8 Å². The third kappa shape index (κ3) is 9.49. The van der Waals surface area contributed by atoms with E-state index in [0.29, 0.717) is 19.8 Å². The van der Waals surface area contributed by atoms with Crippen LogP contribution in [0.25, 0.3) is 0 Å². The highest BCUT2D eigenvalue weighted by Crippen LogP contribution is 1.91. The number of hydrogen-bond acceptors (Lipinski definition) is 5. The molecule has 5 nitrogen and oxygen atoms in total. The van der Waals surface area contributed by atoms with Crippen LogP contribution >= 0.6 is 0 Å². The van der Waals surface area contributed by atoms with Crippen LogP contribution in [0.1, 0.15) is 20.3 Å². The average molecular weight is 220 g/mol. The molecule has 0 aliphatic heterocycles. The van der Waals surface area contributed by atoms with Gasteiger partial charge in [-0.3, -0.25) is 0 Å². The summed E-state index contributed by atoms with van der Waals surface area (Å²) >= 11 is 0. The largest absolute Gasteiger partial charge is 0.508 e. The van der Waals surface area contributed by atoms with Crippen molar-refractivity contribution in [1.82, 2.24) is 0 Å². The van der Waals surface area contributed by atoms with Gasteiger partial charge in [-0.2, -0.15) is 0 Å².